The minimum atomic E-state index is -0.938. The molecule has 1 N–H and O–H groups in total. The van der Waals surface area contributed by atoms with Crippen molar-refractivity contribution < 1.29 is 18.7 Å². The molecule has 3 aromatic rings. The van der Waals surface area contributed by atoms with Gasteiger partial charge in [0.2, 0.25) is 5.76 Å². The van der Waals surface area contributed by atoms with Crippen LogP contribution in [-0.4, -0.2) is 18.0 Å². The number of esters is 1. The van der Waals surface area contributed by atoms with Gasteiger partial charge in [-0.25, -0.2) is 4.79 Å². The Morgan fingerprint density at radius 2 is 1.84 bits per heavy atom. The minimum absolute atomic E-state index is 0.0770. The van der Waals surface area contributed by atoms with E-state index in [1.165, 1.54) is 12.5 Å². The SMILES string of the molecule is CCc1ccc(NC(=O)C(C)OC(=O)c2cc3ccccc3o2)cc1. The zero-order chi connectivity index (χ0) is 17.8. The van der Waals surface area contributed by atoms with E-state index in [-0.39, 0.29) is 5.76 Å². The average Bonchev–Trinajstić information content (AvgIpc) is 3.06. The van der Waals surface area contributed by atoms with E-state index in [0.717, 1.165) is 11.8 Å². The fourth-order valence-electron chi connectivity index (χ4n) is 2.42. The van der Waals surface area contributed by atoms with E-state index in [1.54, 1.807) is 12.1 Å². The number of aryl methyl sites for hydroxylation is 1. The van der Waals surface area contributed by atoms with E-state index in [9.17, 15) is 9.59 Å². The predicted octanol–water partition coefficient (Wildman–Crippen LogP) is 4.18. The third-order valence-corrected chi connectivity index (χ3v) is 3.91. The fourth-order valence-corrected chi connectivity index (χ4v) is 2.42. The van der Waals surface area contributed by atoms with Crippen molar-refractivity contribution >= 4 is 28.5 Å². The van der Waals surface area contributed by atoms with Gasteiger partial charge < -0.3 is 14.5 Å². The van der Waals surface area contributed by atoms with E-state index < -0.39 is 18.0 Å². The van der Waals surface area contributed by atoms with Crippen LogP contribution in [-0.2, 0) is 16.0 Å². The first-order chi connectivity index (χ1) is 12.1. The molecule has 0 fully saturated rings. The second-order valence-electron chi connectivity index (χ2n) is 5.74. The highest BCUT2D eigenvalue weighted by molar-refractivity contribution is 5.97. The number of anilines is 1. The van der Waals surface area contributed by atoms with Gasteiger partial charge in [-0.1, -0.05) is 37.3 Å². The lowest BCUT2D eigenvalue weighted by atomic mass is 10.1. The highest BCUT2D eigenvalue weighted by Gasteiger charge is 2.21. The molecule has 1 aromatic heterocycles. The molecule has 2 aromatic carbocycles. The van der Waals surface area contributed by atoms with Gasteiger partial charge in [0.1, 0.15) is 5.58 Å². The summed E-state index contributed by atoms with van der Waals surface area (Å²) >= 11 is 0. The third-order valence-electron chi connectivity index (χ3n) is 3.91. The molecule has 0 saturated heterocycles. The molecule has 0 aliphatic carbocycles. The Hall–Kier alpha value is -3.08. The van der Waals surface area contributed by atoms with Gasteiger partial charge in [0.15, 0.2) is 6.10 Å². The van der Waals surface area contributed by atoms with E-state index in [4.69, 9.17) is 9.15 Å². The molecule has 1 heterocycles. The Morgan fingerprint density at radius 1 is 1.12 bits per heavy atom. The van der Waals surface area contributed by atoms with E-state index in [0.29, 0.717) is 11.3 Å². The molecule has 1 atom stereocenters. The van der Waals surface area contributed by atoms with Crippen molar-refractivity contribution in [3.8, 4) is 0 Å². The lowest BCUT2D eigenvalue weighted by Gasteiger charge is -2.13. The maximum Gasteiger partial charge on any atom is 0.375 e. The molecule has 0 spiro atoms. The topological polar surface area (TPSA) is 68.5 Å². The van der Waals surface area contributed by atoms with Gasteiger partial charge in [0.25, 0.3) is 5.91 Å². The van der Waals surface area contributed by atoms with Crippen molar-refractivity contribution in [3.63, 3.8) is 0 Å². The highest BCUT2D eigenvalue weighted by Crippen LogP contribution is 2.20. The molecule has 0 radical (unpaired) electrons. The summed E-state index contributed by atoms with van der Waals surface area (Å²) in [5.74, 6) is -0.984. The van der Waals surface area contributed by atoms with Gasteiger partial charge in [-0.3, -0.25) is 4.79 Å². The molecule has 5 nitrogen and oxygen atoms in total. The zero-order valence-electron chi connectivity index (χ0n) is 14.1. The van der Waals surface area contributed by atoms with Crippen molar-refractivity contribution in [2.45, 2.75) is 26.4 Å². The average molecular weight is 337 g/mol. The van der Waals surface area contributed by atoms with E-state index in [2.05, 4.69) is 12.2 Å². The Labute approximate surface area is 145 Å². The molecule has 1 unspecified atom stereocenters. The number of furan rings is 1. The first-order valence-electron chi connectivity index (χ1n) is 8.16. The molecule has 0 bridgehead atoms. The van der Waals surface area contributed by atoms with Gasteiger partial charge in [-0.15, -0.1) is 0 Å². The highest BCUT2D eigenvalue weighted by atomic mass is 16.6. The monoisotopic (exact) mass is 337 g/mol. The van der Waals surface area contributed by atoms with Gasteiger partial charge in [0, 0.05) is 11.1 Å². The Bertz CT molecular complexity index is 862. The normalized spacial score (nSPS) is 11.9. The first kappa shape index (κ1) is 16.8. The number of para-hydroxylation sites is 1. The Balaban J connectivity index is 1.62. The number of nitrogens with one attached hydrogen (secondary N) is 1. The van der Waals surface area contributed by atoms with Crippen molar-refractivity contribution in [2.75, 3.05) is 5.32 Å². The van der Waals surface area contributed by atoms with Crippen molar-refractivity contribution in [2.24, 2.45) is 0 Å². The molecular weight excluding hydrogens is 318 g/mol. The number of carbonyl (C=O) groups is 2. The summed E-state index contributed by atoms with van der Waals surface area (Å²) < 4.78 is 10.6. The zero-order valence-corrected chi connectivity index (χ0v) is 14.1. The fraction of sp³-hybridized carbons (Fsp3) is 0.200. The van der Waals surface area contributed by atoms with Crippen LogP contribution in [0.25, 0.3) is 11.0 Å². The quantitative estimate of drug-likeness (QED) is 0.709. The Morgan fingerprint density at radius 3 is 2.52 bits per heavy atom. The number of hydrogen-bond donors (Lipinski definition) is 1. The molecule has 128 valence electrons. The summed E-state index contributed by atoms with van der Waals surface area (Å²) in [6, 6.07) is 16.4. The van der Waals surface area contributed by atoms with Crippen LogP contribution in [0, 0.1) is 0 Å². The largest absolute Gasteiger partial charge is 0.449 e. The van der Waals surface area contributed by atoms with Crippen LogP contribution in [0.4, 0.5) is 5.69 Å². The number of carbonyl (C=O) groups excluding carboxylic acids is 2. The molecule has 0 aliphatic heterocycles. The molecule has 25 heavy (non-hydrogen) atoms. The van der Waals surface area contributed by atoms with Crippen LogP contribution in [0.1, 0.15) is 30.0 Å². The first-order valence-corrected chi connectivity index (χ1v) is 8.16. The van der Waals surface area contributed by atoms with Gasteiger partial charge in [-0.2, -0.15) is 0 Å². The third kappa shape index (κ3) is 3.88. The maximum atomic E-state index is 12.2. The maximum absolute atomic E-state index is 12.2. The summed E-state index contributed by atoms with van der Waals surface area (Å²) in [6.07, 6.45) is -0.00807. The number of ether oxygens (including phenoxy) is 1. The molecule has 5 heteroatoms. The summed E-state index contributed by atoms with van der Waals surface area (Å²) in [4.78, 5) is 24.4. The molecular formula is C20H19NO4. The molecule has 1 amide bonds. The number of fused-ring (bicyclic) bond motifs is 1. The predicted molar refractivity (Wildman–Crippen MR) is 95.5 cm³/mol. The van der Waals surface area contributed by atoms with Crippen molar-refractivity contribution in [1.29, 1.82) is 0 Å². The minimum Gasteiger partial charge on any atom is -0.449 e. The van der Waals surface area contributed by atoms with Crippen LogP contribution in [0.2, 0.25) is 0 Å². The lowest BCUT2D eigenvalue weighted by molar-refractivity contribution is -0.123. The molecule has 0 saturated carbocycles. The summed E-state index contributed by atoms with van der Waals surface area (Å²) in [6.45, 7) is 3.59. The van der Waals surface area contributed by atoms with Crippen LogP contribution in [0.3, 0.4) is 0 Å². The van der Waals surface area contributed by atoms with E-state index >= 15 is 0 Å². The second-order valence-corrected chi connectivity index (χ2v) is 5.74. The number of rotatable bonds is 5. The van der Waals surface area contributed by atoms with Crippen molar-refractivity contribution in [1.82, 2.24) is 0 Å². The standard InChI is InChI=1S/C20H19NO4/c1-3-14-8-10-16(11-9-14)21-19(22)13(2)24-20(23)18-12-15-6-4-5-7-17(15)25-18/h4-13H,3H2,1-2H3,(H,21,22). The van der Waals surface area contributed by atoms with Gasteiger partial charge >= 0.3 is 5.97 Å². The van der Waals surface area contributed by atoms with Crippen LogP contribution in [0.5, 0.6) is 0 Å². The second kappa shape index (κ2) is 7.21. The van der Waals surface area contributed by atoms with Crippen LogP contribution >= 0.6 is 0 Å². The summed E-state index contributed by atoms with van der Waals surface area (Å²) in [5.41, 5.74) is 2.44. The number of hydrogen-bond acceptors (Lipinski definition) is 4. The Kier molecular flexibility index (Phi) is 4.84. The van der Waals surface area contributed by atoms with Crippen LogP contribution in [0.15, 0.2) is 59.0 Å². The van der Waals surface area contributed by atoms with Crippen LogP contribution < -0.4 is 5.32 Å². The molecule has 0 aliphatic rings. The summed E-state index contributed by atoms with van der Waals surface area (Å²) in [5, 5.41) is 3.54. The number of amides is 1. The van der Waals surface area contributed by atoms with Gasteiger partial charge in [0.05, 0.1) is 0 Å². The summed E-state index contributed by atoms with van der Waals surface area (Å²) in [7, 11) is 0. The van der Waals surface area contributed by atoms with Crippen molar-refractivity contribution in [3.05, 3.63) is 65.9 Å². The van der Waals surface area contributed by atoms with Gasteiger partial charge in [-0.05, 0) is 43.2 Å². The number of benzene rings is 2. The van der Waals surface area contributed by atoms with E-state index in [1.807, 2.05) is 42.5 Å². The lowest BCUT2D eigenvalue weighted by Crippen LogP contribution is -2.29. The smallest absolute Gasteiger partial charge is 0.375 e. The molecule has 3 rings (SSSR count).